The smallest absolute Gasteiger partial charge is 0.337 e. The normalized spacial score (nSPS) is 15.6. The monoisotopic (exact) mass is 393 g/mol. The second-order valence-corrected chi connectivity index (χ2v) is 8.07. The fraction of sp³-hybridized carbons (Fsp3) is 0.278. The summed E-state index contributed by atoms with van der Waals surface area (Å²) in [6, 6.07) is 8.91. The van der Waals surface area contributed by atoms with E-state index >= 15 is 0 Å². The van der Waals surface area contributed by atoms with E-state index in [2.05, 4.69) is 14.5 Å². The van der Waals surface area contributed by atoms with Gasteiger partial charge >= 0.3 is 5.97 Å². The van der Waals surface area contributed by atoms with Gasteiger partial charge in [-0.1, -0.05) is 0 Å². The number of aromatic carboxylic acids is 1. The van der Waals surface area contributed by atoms with Crippen molar-refractivity contribution in [1.29, 1.82) is 0 Å². The Hall–Kier alpha value is -2.65. The Morgan fingerprint density at radius 3 is 2.30 bits per heavy atom. The molecule has 0 unspecified atom stereocenters. The molecule has 3 rings (SSSR count). The van der Waals surface area contributed by atoms with Gasteiger partial charge in [-0.3, -0.25) is 4.72 Å². The molecule has 0 aliphatic carbocycles. The van der Waals surface area contributed by atoms with Gasteiger partial charge in [0.1, 0.15) is 5.82 Å². The summed E-state index contributed by atoms with van der Waals surface area (Å²) in [4.78, 5) is 15.8. The first-order valence-electron chi connectivity index (χ1n) is 8.35. The third kappa shape index (κ3) is 4.37. The molecule has 27 heavy (non-hydrogen) atoms. The summed E-state index contributed by atoms with van der Waals surface area (Å²) in [6.07, 6.45) is 0. The van der Waals surface area contributed by atoms with Gasteiger partial charge in [0, 0.05) is 31.9 Å². The summed E-state index contributed by atoms with van der Waals surface area (Å²) in [5.41, 5.74) is 0.548. The maximum atomic E-state index is 13.0. The molecule has 9 heteroatoms. The second kappa shape index (κ2) is 7.53. The number of carboxylic acids is 1. The van der Waals surface area contributed by atoms with Gasteiger partial charge in [-0.15, -0.1) is 0 Å². The van der Waals surface area contributed by atoms with Crippen molar-refractivity contribution in [3.63, 3.8) is 0 Å². The molecule has 7 nitrogen and oxygen atoms in total. The van der Waals surface area contributed by atoms with Gasteiger partial charge in [0.05, 0.1) is 16.1 Å². The van der Waals surface area contributed by atoms with Gasteiger partial charge in [0.15, 0.2) is 0 Å². The van der Waals surface area contributed by atoms with Crippen LogP contribution in [0.15, 0.2) is 47.4 Å². The van der Waals surface area contributed by atoms with Gasteiger partial charge in [-0.2, -0.15) is 0 Å². The molecule has 0 saturated carbocycles. The van der Waals surface area contributed by atoms with Crippen LogP contribution < -0.4 is 9.62 Å². The highest BCUT2D eigenvalue weighted by molar-refractivity contribution is 7.92. The standard InChI is InChI=1S/C18H20FN3O4S/c1-21-8-10-22(11-9-21)14-4-7-17(16(12-14)18(23)24)20-27(25,26)15-5-2-13(19)3-6-15/h2-7,12,20H,8-11H2,1H3,(H,23,24). The number of carboxylic acid groups (broad SMARTS) is 1. The van der Waals surface area contributed by atoms with Gasteiger partial charge in [0.2, 0.25) is 0 Å². The Morgan fingerprint density at radius 1 is 1.07 bits per heavy atom. The number of hydrogen-bond donors (Lipinski definition) is 2. The zero-order chi connectivity index (χ0) is 19.6. The Morgan fingerprint density at radius 2 is 1.70 bits per heavy atom. The zero-order valence-corrected chi connectivity index (χ0v) is 15.5. The van der Waals surface area contributed by atoms with Crippen molar-refractivity contribution in [2.24, 2.45) is 0 Å². The molecule has 1 aliphatic heterocycles. The molecule has 0 bridgehead atoms. The molecule has 144 valence electrons. The molecular formula is C18H20FN3O4S. The number of benzene rings is 2. The Bertz CT molecular complexity index is 940. The molecule has 1 fully saturated rings. The van der Waals surface area contributed by atoms with Gasteiger partial charge in [-0.25, -0.2) is 17.6 Å². The first-order valence-corrected chi connectivity index (χ1v) is 9.84. The second-order valence-electron chi connectivity index (χ2n) is 6.38. The predicted octanol–water partition coefficient (Wildman–Crippen LogP) is 2.08. The van der Waals surface area contributed by atoms with Crippen LogP contribution in [0.1, 0.15) is 10.4 Å². The zero-order valence-electron chi connectivity index (χ0n) is 14.7. The van der Waals surface area contributed by atoms with Crippen LogP contribution in [0.4, 0.5) is 15.8 Å². The fourth-order valence-electron chi connectivity index (χ4n) is 2.88. The Kier molecular flexibility index (Phi) is 5.33. The van der Waals surface area contributed by atoms with E-state index in [0.29, 0.717) is 0 Å². The number of hydrogen-bond acceptors (Lipinski definition) is 5. The van der Waals surface area contributed by atoms with Crippen LogP contribution in [-0.4, -0.2) is 57.6 Å². The SMILES string of the molecule is CN1CCN(c2ccc(NS(=O)(=O)c3ccc(F)cc3)c(C(=O)O)c2)CC1. The van der Waals surface area contributed by atoms with E-state index in [-0.39, 0.29) is 16.1 Å². The number of likely N-dealkylation sites (N-methyl/N-ethyl adjacent to an activating group) is 1. The molecule has 1 aliphatic rings. The molecule has 2 N–H and O–H groups in total. The number of anilines is 2. The molecule has 0 spiro atoms. The van der Waals surface area contributed by atoms with E-state index in [0.717, 1.165) is 56.1 Å². The topological polar surface area (TPSA) is 90.0 Å². The molecule has 0 amide bonds. The quantitative estimate of drug-likeness (QED) is 0.808. The number of halogens is 1. The van der Waals surface area contributed by atoms with Crippen LogP contribution >= 0.6 is 0 Å². The summed E-state index contributed by atoms with van der Waals surface area (Å²) in [5.74, 6) is -1.79. The van der Waals surface area contributed by atoms with E-state index in [1.165, 1.54) is 12.1 Å². The van der Waals surface area contributed by atoms with Gasteiger partial charge in [-0.05, 0) is 49.5 Å². The fourth-order valence-corrected chi connectivity index (χ4v) is 3.96. The number of nitrogens with one attached hydrogen (secondary N) is 1. The lowest BCUT2D eigenvalue weighted by molar-refractivity contribution is 0.0698. The largest absolute Gasteiger partial charge is 0.478 e. The first-order chi connectivity index (χ1) is 12.8. The van der Waals surface area contributed by atoms with E-state index in [1.54, 1.807) is 6.07 Å². The minimum atomic E-state index is -4.03. The number of sulfonamides is 1. The van der Waals surface area contributed by atoms with Crippen LogP contribution in [-0.2, 0) is 10.0 Å². The molecule has 0 atom stereocenters. The molecular weight excluding hydrogens is 373 g/mol. The average molecular weight is 393 g/mol. The van der Waals surface area contributed by atoms with Crippen molar-refractivity contribution in [2.75, 3.05) is 42.8 Å². The Balaban J connectivity index is 1.89. The maximum absolute atomic E-state index is 13.0. The molecule has 0 radical (unpaired) electrons. The minimum absolute atomic E-state index is 0.0373. The lowest BCUT2D eigenvalue weighted by Crippen LogP contribution is -2.44. The van der Waals surface area contributed by atoms with Crippen LogP contribution in [0, 0.1) is 5.82 Å². The summed E-state index contributed by atoms with van der Waals surface area (Å²) >= 11 is 0. The molecule has 1 saturated heterocycles. The van der Waals surface area contributed by atoms with Crippen LogP contribution in [0.25, 0.3) is 0 Å². The van der Waals surface area contributed by atoms with Crippen molar-refractivity contribution < 1.29 is 22.7 Å². The molecule has 0 aromatic heterocycles. The van der Waals surface area contributed by atoms with Crippen LogP contribution in [0.5, 0.6) is 0 Å². The Labute approximate surface area is 157 Å². The minimum Gasteiger partial charge on any atom is -0.478 e. The number of nitrogens with zero attached hydrogens (tertiary/aromatic N) is 2. The van der Waals surface area contributed by atoms with E-state index in [1.807, 2.05) is 7.05 Å². The summed E-state index contributed by atoms with van der Waals surface area (Å²) in [5, 5.41) is 9.52. The maximum Gasteiger partial charge on any atom is 0.337 e. The molecule has 2 aromatic rings. The summed E-state index contributed by atoms with van der Waals surface area (Å²) < 4.78 is 40.2. The van der Waals surface area contributed by atoms with Gasteiger partial charge in [0.25, 0.3) is 10.0 Å². The molecule has 1 heterocycles. The van der Waals surface area contributed by atoms with Crippen molar-refractivity contribution >= 4 is 27.4 Å². The third-order valence-corrected chi connectivity index (χ3v) is 5.85. The number of carbonyl (C=O) groups is 1. The van der Waals surface area contributed by atoms with Crippen LogP contribution in [0.3, 0.4) is 0 Å². The average Bonchev–Trinajstić information content (AvgIpc) is 2.62. The predicted molar refractivity (Wildman–Crippen MR) is 100 cm³/mol. The lowest BCUT2D eigenvalue weighted by atomic mass is 10.1. The lowest BCUT2D eigenvalue weighted by Gasteiger charge is -2.34. The van der Waals surface area contributed by atoms with E-state index in [4.69, 9.17) is 0 Å². The van der Waals surface area contributed by atoms with Crippen molar-refractivity contribution in [2.45, 2.75) is 4.90 Å². The van der Waals surface area contributed by atoms with Crippen molar-refractivity contribution in [1.82, 2.24) is 4.90 Å². The van der Waals surface area contributed by atoms with Crippen molar-refractivity contribution in [3.8, 4) is 0 Å². The molecule has 2 aromatic carbocycles. The van der Waals surface area contributed by atoms with Crippen LogP contribution in [0.2, 0.25) is 0 Å². The highest BCUT2D eigenvalue weighted by Gasteiger charge is 2.21. The third-order valence-electron chi connectivity index (χ3n) is 4.47. The highest BCUT2D eigenvalue weighted by Crippen LogP contribution is 2.26. The van der Waals surface area contributed by atoms with E-state index in [9.17, 15) is 22.7 Å². The first kappa shape index (κ1) is 19.1. The summed E-state index contributed by atoms with van der Waals surface area (Å²) in [6.45, 7) is 3.25. The number of piperazine rings is 1. The number of rotatable bonds is 5. The van der Waals surface area contributed by atoms with Gasteiger partial charge < -0.3 is 14.9 Å². The highest BCUT2D eigenvalue weighted by atomic mass is 32.2. The van der Waals surface area contributed by atoms with Crippen molar-refractivity contribution in [3.05, 3.63) is 53.8 Å². The summed E-state index contributed by atoms with van der Waals surface area (Å²) in [7, 11) is -2.01. The van der Waals surface area contributed by atoms with E-state index < -0.39 is 21.8 Å².